The van der Waals surface area contributed by atoms with Crippen LogP contribution >= 0.6 is 11.6 Å². The van der Waals surface area contributed by atoms with Crippen LogP contribution in [0.1, 0.15) is 11.7 Å². The maximum absolute atomic E-state index is 10.7. The van der Waals surface area contributed by atoms with E-state index in [1.807, 2.05) is 0 Å². The number of carbonyl (C=O) groups is 1. The Balaban J connectivity index is 2.74. The number of rotatable bonds is 4. The lowest BCUT2D eigenvalue weighted by Gasteiger charge is -2.09. The van der Waals surface area contributed by atoms with Gasteiger partial charge in [-0.1, -0.05) is 29.7 Å². The van der Waals surface area contributed by atoms with Gasteiger partial charge in [0.25, 0.3) is 0 Å². The van der Waals surface area contributed by atoms with Gasteiger partial charge < -0.3 is 9.53 Å². The number of hydrogen-bond donors (Lipinski definition) is 0. The zero-order chi connectivity index (χ0) is 10.4. The van der Waals surface area contributed by atoms with E-state index >= 15 is 0 Å². The summed E-state index contributed by atoms with van der Waals surface area (Å²) >= 11 is 5.70. The first-order chi connectivity index (χ1) is 6.77. The molecule has 0 saturated carbocycles. The van der Waals surface area contributed by atoms with Gasteiger partial charge in [-0.2, -0.15) is 0 Å². The molecule has 0 radical (unpaired) electrons. The average molecular weight is 209 g/mol. The molecule has 1 unspecified atom stereocenters. The normalized spacial score (nSPS) is 11.7. The third kappa shape index (κ3) is 2.88. The van der Waals surface area contributed by atoms with Gasteiger partial charge in [0.05, 0.1) is 0 Å². The van der Waals surface area contributed by atoms with E-state index in [4.69, 9.17) is 22.8 Å². The molecule has 3 heteroatoms. The fraction of sp³-hybridized carbons (Fsp3) is 0.182. The van der Waals surface area contributed by atoms with Gasteiger partial charge in [0.1, 0.15) is 12.7 Å². The predicted molar refractivity (Wildman–Crippen MR) is 55.0 cm³/mol. The summed E-state index contributed by atoms with van der Waals surface area (Å²) in [4.78, 5) is 10.7. The minimum atomic E-state index is -0.608. The number of ether oxygens (including phenoxy) is 1. The highest BCUT2D eigenvalue weighted by Gasteiger charge is 2.09. The second-order valence-corrected chi connectivity index (χ2v) is 3.06. The van der Waals surface area contributed by atoms with E-state index in [2.05, 4.69) is 5.92 Å². The Morgan fingerprint density at radius 3 is 2.64 bits per heavy atom. The van der Waals surface area contributed by atoms with Crippen molar-refractivity contribution in [1.82, 2.24) is 0 Å². The molecule has 1 aromatic carbocycles. The molecule has 14 heavy (non-hydrogen) atoms. The lowest BCUT2D eigenvalue weighted by Crippen LogP contribution is -2.05. The number of carbonyl (C=O) groups excluding carboxylic acids is 1. The Bertz CT molecular complexity index is 337. The summed E-state index contributed by atoms with van der Waals surface area (Å²) in [6.45, 7) is 0.117. The highest BCUT2D eigenvalue weighted by atomic mass is 35.5. The topological polar surface area (TPSA) is 26.3 Å². The van der Waals surface area contributed by atoms with Gasteiger partial charge in [-0.05, 0) is 17.7 Å². The van der Waals surface area contributed by atoms with E-state index in [9.17, 15) is 4.79 Å². The van der Waals surface area contributed by atoms with Crippen LogP contribution in [0.15, 0.2) is 24.3 Å². The number of benzene rings is 1. The van der Waals surface area contributed by atoms with Crippen molar-refractivity contribution in [2.45, 2.75) is 6.10 Å². The van der Waals surface area contributed by atoms with E-state index in [-0.39, 0.29) is 6.61 Å². The van der Waals surface area contributed by atoms with Crippen molar-refractivity contribution < 1.29 is 9.53 Å². The SMILES string of the molecule is C#CCOC(C=O)c1ccc(Cl)cc1. The van der Waals surface area contributed by atoms with Gasteiger partial charge in [0, 0.05) is 5.02 Å². The summed E-state index contributed by atoms with van der Waals surface area (Å²) in [7, 11) is 0. The number of aldehydes is 1. The molecule has 1 atom stereocenters. The van der Waals surface area contributed by atoms with E-state index in [0.717, 1.165) is 5.56 Å². The molecule has 0 heterocycles. The smallest absolute Gasteiger partial charge is 0.153 e. The minimum Gasteiger partial charge on any atom is -0.353 e. The molecule has 0 saturated heterocycles. The van der Waals surface area contributed by atoms with E-state index in [0.29, 0.717) is 11.3 Å². The summed E-state index contributed by atoms with van der Waals surface area (Å²) in [5, 5.41) is 0.621. The van der Waals surface area contributed by atoms with Crippen LogP contribution < -0.4 is 0 Å². The van der Waals surface area contributed by atoms with Crippen molar-refractivity contribution in [3.05, 3.63) is 34.9 Å². The molecule has 0 aromatic heterocycles. The van der Waals surface area contributed by atoms with E-state index in [1.165, 1.54) is 0 Å². The highest BCUT2D eigenvalue weighted by molar-refractivity contribution is 6.30. The molecule has 72 valence electrons. The summed E-state index contributed by atoms with van der Waals surface area (Å²) in [6, 6.07) is 6.87. The average Bonchev–Trinajstić information content (AvgIpc) is 2.21. The Labute approximate surface area is 87.8 Å². The van der Waals surface area contributed by atoms with Crippen molar-refractivity contribution in [2.75, 3.05) is 6.61 Å². The van der Waals surface area contributed by atoms with Gasteiger partial charge in [-0.3, -0.25) is 0 Å². The lowest BCUT2D eigenvalue weighted by atomic mass is 10.1. The molecule has 0 aliphatic rings. The third-order valence-corrected chi connectivity index (χ3v) is 1.92. The minimum absolute atomic E-state index is 0.117. The molecule has 0 bridgehead atoms. The molecular weight excluding hydrogens is 200 g/mol. The first-order valence-electron chi connectivity index (χ1n) is 4.03. The van der Waals surface area contributed by atoms with E-state index < -0.39 is 6.10 Å². The maximum atomic E-state index is 10.7. The fourth-order valence-corrected chi connectivity index (χ4v) is 1.13. The van der Waals surface area contributed by atoms with Crippen LogP contribution in [0.3, 0.4) is 0 Å². The van der Waals surface area contributed by atoms with Crippen LogP contribution in [0.5, 0.6) is 0 Å². The first-order valence-corrected chi connectivity index (χ1v) is 4.41. The second kappa shape index (κ2) is 5.43. The molecule has 1 aromatic rings. The predicted octanol–water partition coefficient (Wildman–Crippen LogP) is 2.23. The van der Waals surface area contributed by atoms with Crippen LogP contribution in [0.25, 0.3) is 0 Å². The van der Waals surface area contributed by atoms with Crippen LogP contribution in [0.4, 0.5) is 0 Å². The molecule has 0 fully saturated rings. The number of terminal acetylenes is 1. The van der Waals surface area contributed by atoms with Crippen LogP contribution in [-0.2, 0) is 9.53 Å². The van der Waals surface area contributed by atoms with Crippen LogP contribution in [-0.4, -0.2) is 12.9 Å². The summed E-state index contributed by atoms with van der Waals surface area (Å²) < 4.78 is 5.12. The van der Waals surface area contributed by atoms with Gasteiger partial charge in [0.15, 0.2) is 6.29 Å². The molecule has 0 spiro atoms. The fourth-order valence-electron chi connectivity index (χ4n) is 1.00. The van der Waals surface area contributed by atoms with Crippen LogP contribution in [0, 0.1) is 12.3 Å². The summed E-state index contributed by atoms with van der Waals surface area (Å²) in [6.07, 6.45) is 5.12. The van der Waals surface area contributed by atoms with Gasteiger partial charge in [0.2, 0.25) is 0 Å². The van der Waals surface area contributed by atoms with Gasteiger partial charge in [-0.25, -0.2) is 0 Å². The number of hydrogen-bond acceptors (Lipinski definition) is 2. The largest absolute Gasteiger partial charge is 0.353 e. The van der Waals surface area contributed by atoms with Gasteiger partial charge >= 0.3 is 0 Å². The Hall–Kier alpha value is -1.30. The second-order valence-electron chi connectivity index (χ2n) is 2.62. The zero-order valence-electron chi connectivity index (χ0n) is 7.44. The quantitative estimate of drug-likeness (QED) is 0.560. The molecule has 0 amide bonds. The summed E-state index contributed by atoms with van der Waals surface area (Å²) in [5.41, 5.74) is 0.750. The van der Waals surface area contributed by atoms with Crippen molar-refractivity contribution in [2.24, 2.45) is 0 Å². The monoisotopic (exact) mass is 208 g/mol. The molecule has 0 aliphatic heterocycles. The molecule has 0 N–H and O–H groups in total. The molecule has 0 aliphatic carbocycles. The third-order valence-electron chi connectivity index (χ3n) is 1.67. The van der Waals surface area contributed by atoms with Crippen molar-refractivity contribution in [1.29, 1.82) is 0 Å². The molecule has 1 rings (SSSR count). The Kier molecular flexibility index (Phi) is 4.18. The molecule has 2 nitrogen and oxygen atoms in total. The highest BCUT2D eigenvalue weighted by Crippen LogP contribution is 2.17. The van der Waals surface area contributed by atoms with Gasteiger partial charge in [-0.15, -0.1) is 6.42 Å². The molecular formula is C11H9ClO2. The maximum Gasteiger partial charge on any atom is 0.153 e. The Morgan fingerprint density at radius 1 is 1.50 bits per heavy atom. The van der Waals surface area contributed by atoms with Crippen molar-refractivity contribution >= 4 is 17.9 Å². The lowest BCUT2D eigenvalue weighted by molar-refractivity contribution is -0.117. The number of halogens is 1. The van der Waals surface area contributed by atoms with E-state index in [1.54, 1.807) is 24.3 Å². The van der Waals surface area contributed by atoms with Crippen LogP contribution in [0.2, 0.25) is 5.02 Å². The Morgan fingerprint density at radius 2 is 2.14 bits per heavy atom. The van der Waals surface area contributed by atoms with Crippen molar-refractivity contribution in [3.63, 3.8) is 0 Å². The summed E-state index contributed by atoms with van der Waals surface area (Å²) in [5.74, 6) is 2.31. The standard InChI is InChI=1S/C11H9ClO2/c1-2-7-14-11(8-13)9-3-5-10(12)6-4-9/h1,3-6,8,11H,7H2. The first kappa shape index (κ1) is 10.8. The van der Waals surface area contributed by atoms with Crippen molar-refractivity contribution in [3.8, 4) is 12.3 Å². The zero-order valence-corrected chi connectivity index (χ0v) is 8.20.